The monoisotopic (exact) mass is 324 g/mol. The zero-order valence-electron chi connectivity index (χ0n) is 13.4. The summed E-state index contributed by atoms with van der Waals surface area (Å²) in [6.07, 6.45) is 4.59. The maximum atomic E-state index is 12.1. The molecule has 1 N–H and O–H groups in total. The molecule has 1 aromatic rings. The van der Waals surface area contributed by atoms with E-state index in [9.17, 15) is 13.2 Å². The van der Waals surface area contributed by atoms with Crippen LogP contribution >= 0.6 is 0 Å². The number of carbonyl (C=O) groups excluding carboxylic acids is 1. The maximum Gasteiger partial charge on any atom is 0.251 e. The van der Waals surface area contributed by atoms with Crippen LogP contribution in [0, 0.1) is 0 Å². The first-order chi connectivity index (χ1) is 10.3. The van der Waals surface area contributed by atoms with Crippen molar-refractivity contribution in [2.45, 2.75) is 32.7 Å². The van der Waals surface area contributed by atoms with E-state index in [4.69, 9.17) is 0 Å². The zero-order chi connectivity index (χ0) is 16.8. The molecule has 1 aromatic carbocycles. The topological polar surface area (TPSA) is 66.5 Å². The Kier molecular flexibility index (Phi) is 6.61. The second-order valence-corrected chi connectivity index (χ2v) is 7.20. The van der Waals surface area contributed by atoms with Gasteiger partial charge in [0.15, 0.2) is 0 Å². The van der Waals surface area contributed by atoms with Crippen molar-refractivity contribution in [3.05, 3.63) is 42.5 Å². The summed E-state index contributed by atoms with van der Waals surface area (Å²) in [5.74, 6) is -0.151. The van der Waals surface area contributed by atoms with Gasteiger partial charge in [-0.3, -0.25) is 9.10 Å². The van der Waals surface area contributed by atoms with Gasteiger partial charge in [-0.2, -0.15) is 0 Å². The van der Waals surface area contributed by atoms with Crippen LogP contribution in [0.25, 0.3) is 0 Å². The van der Waals surface area contributed by atoms with Gasteiger partial charge in [0.05, 0.1) is 18.5 Å². The number of nitrogens with one attached hydrogen (secondary N) is 1. The van der Waals surface area contributed by atoms with Crippen molar-refractivity contribution in [3.8, 4) is 0 Å². The molecule has 0 aliphatic heterocycles. The van der Waals surface area contributed by atoms with Gasteiger partial charge in [-0.1, -0.05) is 19.4 Å². The average Bonchev–Trinajstić information content (AvgIpc) is 2.44. The molecule has 0 unspecified atom stereocenters. The van der Waals surface area contributed by atoms with Crippen molar-refractivity contribution in [1.82, 2.24) is 5.32 Å². The second-order valence-electron chi connectivity index (χ2n) is 5.29. The lowest BCUT2D eigenvalue weighted by Crippen LogP contribution is -2.32. The number of hydrogen-bond acceptors (Lipinski definition) is 3. The summed E-state index contributed by atoms with van der Waals surface area (Å²) in [7, 11) is -3.38. The molecule has 1 rings (SSSR count). The molecule has 0 saturated carbocycles. The summed E-state index contributed by atoms with van der Waals surface area (Å²) >= 11 is 0. The molecule has 0 aromatic heterocycles. The fourth-order valence-corrected chi connectivity index (χ4v) is 3.02. The highest BCUT2D eigenvalue weighted by Crippen LogP contribution is 2.18. The molecule has 0 bridgehead atoms. The number of amides is 1. The lowest BCUT2D eigenvalue weighted by atomic mass is 10.1. The van der Waals surface area contributed by atoms with E-state index in [0.29, 0.717) is 11.3 Å². The summed E-state index contributed by atoms with van der Waals surface area (Å²) in [5, 5.41) is 2.91. The molecule has 0 heterocycles. The van der Waals surface area contributed by atoms with Crippen LogP contribution in [0.4, 0.5) is 5.69 Å². The van der Waals surface area contributed by atoms with Crippen molar-refractivity contribution in [2.75, 3.05) is 17.1 Å². The molecule has 0 aliphatic rings. The summed E-state index contributed by atoms with van der Waals surface area (Å²) < 4.78 is 24.8. The van der Waals surface area contributed by atoms with Gasteiger partial charge in [0, 0.05) is 11.6 Å². The Morgan fingerprint density at radius 1 is 1.36 bits per heavy atom. The first-order valence-electron chi connectivity index (χ1n) is 7.29. The Bertz CT molecular complexity index is 609. The van der Waals surface area contributed by atoms with Gasteiger partial charge < -0.3 is 5.32 Å². The largest absolute Gasteiger partial charge is 0.350 e. The fourth-order valence-electron chi connectivity index (χ4n) is 2.14. The van der Waals surface area contributed by atoms with Crippen LogP contribution in [0.15, 0.2) is 36.9 Å². The van der Waals surface area contributed by atoms with Crippen LogP contribution in [0.2, 0.25) is 0 Å². The minimum Gasteiger partial charge on any atom is -0.350 e. The van der Waals surface area contributed by atoms with E-state index in [1.54, 1.807) is 24.3 Å². The standard InChI is InChI=1S/C16H24N2O3S/c1-5-7-13(3)17-16(19)14-8-10-15(11-9-14)18(12-6-2)22(4,20)21/h6,8-11,13H,2,5,7,12H2,1,3-4H3,(H,17,19)/t13-/m1/s1. The minimum absolute atomic E-state index is 0.116. The normalized spacial score (nSPS) is 12.5. The van der Waals surface area contributed by atoms with E-state index in [0.717, 1.165) is 19.1 Å². The van der Waals surface area contributed by atoms with Crippen molar-refractivity contribution in [2.24, 2.45) is 0 Å². The minimum atomic E-state index is -3.38. The summed E-state index contributed by atoms with van der Waals surface area (Å²) in [6, 6.07) is 6.63. The maximum absolute atomic E-state index is 12.1. The van der Waals surface area contributed by atoms with Gasteiger partial charge in [0.2, 0.25) is 10.0 Å². The molecule has 0 aliphatic carbocycles. The Hall–Kier alpha value is -1.82. The molecule has 0 spiro atoms. The third-order valence-corrected chi connectivity index (χ3v) is 4.37. The number of benzene rings is 1. The Morgan fingerprint density at radius 3 is 2.41 bits per heavy atom. The van der Waals surface area contributed by atoms with E-state index in [1.165, 1.54) is 10.4 Å². The molecule has 6 heteroatoms. The Labute approximate surface area is 133 Å². The van der Waals surface area contributed by atoms with Crippen LogP contribution in [0.3, 0.4) is 0 Å². The molecule has 5 nitrogen and oxygen atoms in total. The molecule has 0 radical (unpaired) electrons. The van der Waals surface area contributed by atoms with E-state index < -0.39 is 10.0 Å². The van der Waals surface area contributed by atoms with Crippen molar-refractivity contribution >= 4 is 21.6 Å². The average molecular weight is 324 g/mol. The number of sulfonamides is 1. The van der Waals surface area contributed by atoms with Gasteiger partial charge >= 0.3 is 0 Å². The number of rotatable bonds is 8. The van der Waals surface area contributed by atoms with Gasteiger partial charge in [0.1, 0.15) is 0 Å². The van der Waals surface area contributed by atoms with Crippen molar-refractivity contribution in [1.29, 1.82) is 0 Å². The van der Waals surface area contributed by atoms with E-state index in [2.05, 4.69) is 18.8 Å². The highest BCUT2D eigenvalue weighted by molar-refractivity contribution is 7.92. The van der Waals surface area contributed by atoms with Gasteiger partial charge in [-0.05, 0) is 37.6 Å². The SMILES string of the molecule is C=CCN(c1ccc(C(=O)N[C@H](C)CCC)cc1)S(C)(=O)=O. The Balaban J connectivity index is 2.89. The predicted molar refractivity (Wildman–Crippen MR) is 90.7 cm³/mol. The molecule has 22 heavy (non-hydrogen) atoms. The van der Waals surface area contributed by atoms with Crippen LogP contribution in [0.1, 0.15) is 37.0 Å². The smallest absolute Gasteiger partial charge is 0.251 e. The summed E-state index contributed by atoms with van der Waals surface area (Å²) in [6.45, 7) is 7.79. The molecule has 0 fully saturated rings. The molecule has 0 saturated heterocycles. The predicted octanol–water partition coefficient (Wildman–Crippen LogP) is 2.56. The van der Waals surface area contributed by atoms with Crippen molar-refractivity contribution in [3.63, 3.8) is 0 Å². The third-order valence-electron chi connectivity index (χ3n) is 3.21. The number of nitrogens with zero attached hydrogens (tertiary/aromatic N) is 1. The quantitative estimate of drug-likeness (QED) is 0.747. The van der Waals surface area contributed by atoms with Gasteiger partial charge in [0.25, 0.3) is 5.91 Å². The molecular weight excluding hydrogens is 300 g/mol. The van der Waals surface area contributed by atoms with Crippen LogP contribution in [-0.2, 0) is 10.0 Å². The second kappa shape index (κ2) is 7.98. The first-order valence-corrected chi connectivity index (χ1v) is 9.14. The molecule has 1 atom stereocenters. The van der Waals surface area contributed by atoms with E-state index in [-0.39, 0.29) is 18.5 Å². The first kappa shape index (κ1) is 18.2. The van der Waals surface area contributed by atoms with Gasteiger partial charge in [-0.25, -0.2) is 8.42 Å². The van der Waals surface area contributed by atoms with Crippen LogP contribution < -0.4 is 9.62 Å². The zero-order valence-corrected chi connectivity index (χ0v) is 14.2. The molecular formula is C16H24N2O3S. The number of carbonyl (C=O) groups is 1. The number of hydrogen-bond donors (Lipinski definition) is 1. The van der Waals surface area contributed by atoms with Crippen LogP contribution in [-0.4, -0.2) is 33.2 Å². The molecule has 1 amide bonds. The lowest BCUT2D eigenvalue weighted by Gasteiger charge is -2.21. The number of anilines is 1. The molecule has 122 valence electrons. The summed E-state index contributed by atoms with van der Waals surface area (Å²) in [4.78, 5) is 12.1. The van der Waals surface area contributed by atoms with Crippen LogP contribution in [0.5, 0.6) is 0 Å². The highest BCUT2D eigenvalue weighted by atomic mass is 32.2. The van der Waals surface area contributed by atoms with Gasteiger partial charge in [-0.15, -0.1) is 6.58 Å². The Morgan fingerprint density at radius 2 is 1.95 bits per heavy atom. The van der Waals surface area contributed by atoms with Crippen molar-refractivity contribution < 1.29 is 13.2 Å². The van der Waals surface area contributed by atoms with E-state index >= 15 is 0 Å². The van der Waals surface area contributed by atoms with E-state index in [1.807, 2.05) is 6.92 Å². The lowest BCUT2D eigenvalue weighted by molar-refractivity contribution is 0.0938. The fraction of sp³-hybridized carbons (Fsp3) is 0.438. The highest BCUT2D eigenvalue weighted by Gasteiger charge is 2.16. The summed E-state index contributed by atoms with van der Waals surface area (Å²) in [5.41, 5.74) is 1.03. The third kappa shape index (κ3) is 5.18.